The molecule has 0 saturated heterocycles. The Balaban J connectivity index is 2.80. The predicted molar refractivity (Wildman–Crippen MR) is 73.4 cm³/mol. The molecule has 1 unspecified atom stereocenters. The Morgan fingerprint density at radius 3 is 2.61 bits per heavy atom. The summed E-state index contributed by atoms with van der Waals surface area (Å²) in [5, 5.41) is 8.85. The van der Waals surface area contributed by atoms with Gasteiger partial charge >= 0.3 is 5.97 Å². The van der Waals surface area contributed by atoms with E-state index in [-0.39, 0.29) is 10.8 Å². The predicted octanol–water partition coefficient (Wildman–Crippen LogP) is 2.21. The topological polar surface area (TPSA) is 83.5 Å². The van der Waals surface area contributed by atoms with Crippen LogP contribution >= 0.6 is 27.3 Å². The van der Waals surface area contributed by atoms with Crippen molar-refractivity contribution in [3.05, 3.63) is 15.4 Å². The first-order valence-electron chi connectivity index (χ1n) is 5.26. The van der Waals surface area contributed by atoms with E-state index in [1.54, 1.807) is 19.9 Å². The lowest BCUT2D eigenvalue weighted by atomic mass is 10.1. The Bertz CT molecular complexity index is 519. The molecule has 0 spiro atoms. The first-order chi connectivity index (χ1) is 8.27. The molecule has 5 nitrogen and oxygen atoms in total. The zero-order chi connectivity index (χ0) is 13.9. The fourth-order valence-electron chi connectivity index (χ4n) is 1.25. The number of carboxylic acids is 1. The second-order valence-corrected chi connectivity index (χ2v) is 8.18. The van der Waals surface area contributed by atoms with Crippen LogP contribution in [0.2, 0.25) is 0 Å². The third-order valence-corrected chi connectivity index (χ3v) is 6.50. The molecule has 1 rings (SSSR count). The maximum absolute atomic E-state index is 11.9. The summed E-state index contributed by atoms with van der Waals surface area (Å²) in [7, 11) is -3.63. The van der Waals surface area contributed by atoms with Crippen molar-refractivity contribution in [3.8, 4) is 0 Å². The summed E-state index contributed by atoms with van der Waals surface area (Å²) in [6.07, 6.45) is 0.380. The summed E-state index contributed by atoms with van der Waals surface area (Å²) in [6.45, 7) is 3.41. The van der Waals surface area contributed by atoms with Gasteiger partial charge in [0.15, 0.2) is 0 Å². The van der Waals surface area contributed by atoms with Crippen molar-refractivity contribution in [2.24, 2.45) is 5.92 Å². The van der Waals surface area contributed by atoms with Crippen LogP contribution in [0.5, 0.6) is 0 Å². The lowest BCUT2D eigenvalue weighted by Crippen LogP contribution is -2.32. The number of nitrogens with one attached hydrogen (secondary N) is 1. The molecule has 0 radical (unpaired) electrons. The van der Waals surface area contributed by atoms with Gasteiger partial charge in [0.1, 0.15) is 4.21 Å². The monoisotopic (exact) mass is 355 g/mol. The zero-order valence-corrected chi connectivity index (χ0v) is 13.2. The van der Waals surface area contributed by atoms with Gasteiger partial charge in [-0.3, -0.25) is 4.79 Å². The van der Waals surface area contributed by atoms with Crippen LogP contribution in [0.15, 0.2) is 14.1 Å². The third-order valence-electron chi connectivity index (χ3n) is 2.46. The molecule has 2 N–H and O–H groups in total. The van der Waals surface area contributed by atoms with E-state index >= 15 is 0 Å². The Morgan fingerprint density at radius 2 is 2.22 bits per heavy atom. The molecule has 8 heteroatoms. The number of halogens is 1. The van der Waals surface area contributed by atoms with Gasteiger partial charge in [0, 0.05) is 6.54 Å². The molecule has 0 fully saturated rings. The van der Waals surface area contributed by atoms with Crippen molar-refractivity contribution in [2.75, 3.05) is 6.54 Å². The molecular formula is C10H14BrNO4S2. The molecular weight excluding hydrogens is 342 g/mol. The Labute approximate surface area is 118 Å². The van der Waals surface area contributed by atoms with Crippen LogP contribution < -0.4 is 4.72 Å². The number of thiophene rings is 1. The zero-order valence-electron chi connectivity index (χ0n) is 9.94. The molecule has 0 saturated carbocycles. The molecule has 18 heavy (non-hydrogen) atoms. The molecule has 0 aliphatic heterocycles. The van der Waals surface area contributed by atoms with Gasteiger partial charge in [-0.1, -0.05) is 6.92 Å². The van der Waals surface area contributed by atoms with Gasteiger partial charge in [0.2, 0.25) is 10.0 Å². The van der Waals surface area contributed by atoms with Crippen molar-refractivity contribution in [2.45, 2.75) is 24.5 Å². The van der Waals surface area contributed by atoms with Crippen LogP contribution in [0, 0.1) is 12.8 Å². The van der Waals surface area contributed by atoms with E-state index in [1.807, 2.05) is 0 Å². The largest absolute Gasteiger partial charge is 0.481 e. The summed E-state index contributed by atoms with van der Waals surface area (Å²) in [4.78, 5) is 10.8. The highest BCUT2D eigenvalue weighted by atomic mass is 79.9. The summed E-state index contributed by atoms with van der Waals surface area (Å²) in [5.41, 5.74) is 0.839. The number of hydrogen-bond donors (Lipinski definition) is 2. The normalized spacial score (nSPS) is 13.5. The Hall–Kier alpha value is -0.440. The molecule has 1 atom stereocenters. The number of carbonyl (C=O) groups is 1. The maximum Gasteiger partial charge on any atom is 0.307 e. The summed E-state index contributed by atoms with van der Waals surface area (Å²) in [5.74, 6) is -1.70. The van der Waals surface area contributed by atoms with Gasteiger partial charge in [0.05, 0.1) is 9.70 Å². The third kappa shape index (κ3) is 3.78. The van der Waals surface area contributed by atoms with E-state index in [0.29, 0.717) is 6.42 Å². The molecule has 0 aromatic carbocycles. The molecule has 0 bridgehead atoms. The molecule has 0 aliphatic carbocycles. The van der Waals surface area contributed by atoms with E-state index in [1.165, 1.54) is 0 Å². The minimum absolute atomic E-state index is 0.0945. The van der Waals surface area contributed by atoms with Gasteiger partial charge in [-0.2, -0.15) is 0 Å². The maximum atomic E-state index is 11.9. The second kappa shape index (κ2) is 6.14. The van der Waals surface area contributed by atoms with Crippen LogP contribution in [-0.2, 0) is 14.8 Å². The standard InChI is InChI=1S/C10H14BrNO4S2/c1-3-7(10(13)14)5-12-18(15,16)8-4-6(2)9(11)17-8/h4,7,12H,3,5H2,1-2H3,(H,13,14). The highest BCUT2D eigenvalue weighted by molar-refractivity contribution is 9.11. The number of hydrogen-bond acceptors (Lipinski definition) is 4. The van der Waals surface area contributed by atoms with Crippen LogP contribution in [0.4, 0.5) is 0 Å². The first kappa shape index (κ1) is 15.6. The number of carboxylic acid groups (broad SMARTS) is 1. The van der Waals surface area contributed by atoms with Crippen LogP contribution in [0.1, 0.15) is 18.9 Å². The van der Waals surface area contributed by atoms with Crippen molar-refractivity contribution in [3.63, 3.8) is 0 Å². The van der Waals surface area contributed by atoms with Crippen LogP contribution in [-0.4, -0.2) is 26.0 Å². The van der Waals surface area contributed by atoms with Gasteiger partial charge in [-0.25, -0.2) is 13.1 Å². The fraction of sp³-hybridized carbons (Fsp3) is 0.500. The van der Waals surface area contributed by atoms with Crippen LogP contribution in [0.3, 0.4) is 0 Å². The van der Waals surface area contributed by atoms with E-state index in [4.69, 9.17) is 5.11 Å². The molecule has 102 valence electrons. The number of aliphatic carboxylic acids is 1. The number of rotatable bonds is 6. The van der Waals surface area contributed by atoms with E-state index in [2.05, 4.69) is 20.7 Å². The number of aryl methyl sites for hydroxylation is 1. The first-order valence-corrected chi connectivity index (χ1v) is 8.35. The second-order valence-electron chi connectivity index (χ2n) is 3.82. The minimum atomic E-state index is -3.63. The lowest BCUT2D eigenvalue weighted by molar-refractivity contribution is -0.141. The Morgan fingerprint density at radius 1 is 1.61 bits per heavy atom. The van der Waals surface area contributed by atoms with Gasteiger partial charge < -0.3 is 5.11 Å². The van der Waals surface area contributed by atoms with Crippen molar-refractivity contribution in [1.29, 1.82) is 0 Å². The van der Waals surface area contributed by atoms with E-state index in [0.717, 1.165) is 20.7 Å². The quantitative estimate of drug-likeness (QED) is 0.819. The molecule has 1 aromatic heterocycles. The smallest absolute Gasteiger partial charge is 0.307 e. The Kier molecular flexibility index (Phi) is 5.32. The van der Waals surface area contributed by atoms with Crippen LogP contribution in [0.25, 0.3) is 0 Å². The minimum Gasteiger partial charge on any atom is -0.481 e. The summed E-state index contributed by atoms with van der Waals surface area (Å²) < 4.78 is 27.1. The molecule has 0 aliphatic rings. The lowest BCUT2D eigenvalue weighted by Gasteiger charge is -2.10. The average molecular weight is 356 g/mol. The highest BCUT2D eigenvalue weighted by Crippen LogP contribution is 2.30. The van der Waals surface area contributed by atoms with E-state index in [9.17, 15) is 13.2 Å². The summed E-state index contributed by atoms with van der Waals surface area (Å²) >= 11 is 4.37. The summed E-state index contributed by atoms with van der Waals surface area (Å²) in [6, 6.07) is 1.55. The molecule has 0 amide bonds. The average Bonchev–Trinajstić information content (AvgIpc) is 2.60. The van der Waals surface area contributed by atoms with Crippen molar-refractivity contribution >= 4 is 43.3 Å². The van der Waals surface area contributed by atoms with Gasteiger partial charge in [0.25, 0.3) is 0 Å². The number of sulfonamides is 1. The fourth-order valence-corrected chi connectivity index (χ4v) is 4.60. The SMILES string of the molecule is CCC(CNS(=O)(=O)c1cc(C)c(Br)s1)C(=O)O. The highest BCUT2D eigenvalue weighted by Gasteiger charge is 2.22. The molecule has 1 aromatic rings. The van der Waals surface area contributed by atoms with Crippen molar-refractivity contribution < 1.29 is 18.3 Å². The van der Waals surface area contributed by atoms with Gasteiger partial charge in [-0.15, -0.1) is 11.3 Å². The van der Waals surface area contributed by atoms with E-state index < -0.39 is 21.9 Å². The van der Waals surface area contributed by atoms with Crippen molar-refractivity contribution in [1.82, 2.24) is 4.72 Å². The molecule has 1 heterocycles. The van der Waals surface area contributed by atoms with Gasteiger partial charge in [-0.05, 0) is 40.9 Å².